The first-order valence-electron chi connectivity index (χ1n) is 11.2. The number of hydrogen-bond donors (Lipinski definition) is 3. The molecule has 0 saturated heterocycles. The Bertz CT molecular complexity index is 467. The van der Waals surface area contributed by atoms with Crippen LogP contribution in [-0.2, 0) is 28.5 Å². The number of methoxy groups -OCH3 is 2. The van der Waals surface area contributed by atoms with Crippen molar-refractivity contribution in [2.45, 2.75) is 79.4 Å². The van der Waals surface area contributed by atoms with Gasteiger partial charge in [-0.15, -0.1) is 0 Å². The van der Waals surface area contributed by atoms with Gasteiger partial charge >= 0.3 is 12.1 Å². The molecule has 9 nitrogen and oxygen atoms in total. The van der Waals surface area contributed by atoms with Gasteiger partial charge in [-0.2, -0.15) is 13.2 Å². The third-order valence-corrected chi connectivity index (χ3v) is 4.22. The van der Waals surface area contributed by atoms with Crippen molar-refractivity contribution in [3.63, 3.8) is 0 Å². The Morgan fingerprint density at radius 1 is 0.806 bits per heavy atom. The molecule has 222 valence electrons. The summed E-state index contributed by atoms with van der Waals surface area (Å²) in [5, 5.41) is 1.78. The predicted octanol–water partition coefficient (Wildman–Crippen LogP) is 3.47. The molecular formula is C24H54F3N3O6. The number of halogens is 3. The van der Waals surface area contributed by atoms with Crippen LogP contribution >= 0.6 is 0 Å². The van der Waals surface area contributed by atoms with Crippen LogP contribution in [0.15, 0.2) is 0 Å². The van der Waals surface area contributed by atoms with Gasteiger partial charge in [-0.3, -0.25) is 9.59 Å². The largest absolute Gasteiger partial charge is 0.471 e. The normalized spacial score (nSPS) is 11.1. The summed E-state index contributed by atoms with van der Waals surface area (Å²) in [6.45, 7) is 4.33. The number of Topliss-reactive ketones (excluding diaryl/α,β-unsaturated/α-hetero) is 1. The van der Waals surface area contributed by atoms with Crippen LogP contribution in [0.3, 0.4) is 0 Å². The molecule has 0 heterocycles. The number of nitrogens with two attached hydrogens (primary N) is 2. The van der Waals surface area contributed by atoms with Gasteiger partial charge in [0, 0.05) is 40.4 Å². The smallest absolute Gasteiger partial charge is 0.382 e. The van der Waals surface area contributed by atoms with Gasteiger partial charge in [-0.05, 0) is 45.1 Å². The highest BCUT2D eigenvalue weighted by atomic mass is 19.4. The van der Waals surface area contributed by atoms with Crippen molar-refractivity contribution >= 4 is 11.7 Å². The van der Waals surface area contributed by atoms with Crippen LogP contribution in [0.4, 0.5) is 13.2 Å². The number of carbonyl (C=O) groups is 2. The second-order valence-corrected chi connectivity index (χ2v) is 7.13. The summed E-state index contributed by atoms with van der Waals surface area (Å²) in [5.74, 6) is -2.01. The fourth-order valence-electron chi connectivity index (χ4n) is 2.32. The van der Waals surface area contributed by atoms with E-state index in [2.05, 4.69) is 0 Å². The zero-order chi connectivity index (χ0) is 25.4. The lowest BCUT2D eigenvalue weighted by Crippen LogP contribution is -2.37. The van der Waals surface area contributed by atoms with Crippen molar-refractivity contribution in [1.82, 2.24) is 5.32 Å². The fraction of sp³-hybridized carbons (Fsp3) is 0.917. The summed E-state index contributed by atoms with van der Waals surface area (Å²) in [6, 6.07) is -0.613. The Morgan fingerprint density at radius 2 is 1.33 bits per heavy atom. The Hall–Kier alpha value is -1.31. The van der Waals surface area contributed by atoms with E-state index in [0.29, 0.717) is 71.7 Å². The maximum Gasteiger partial charge on any atom is 0.471 e. The van der Waals surface area contributed by atoms with Gasteiger partial charge in [0.15, 0.2) is 0 Å². The minimum atomic E-state index is -4.86. The van der Waals surface area contributed by atoms with E-state index in [1.807, 2.05) is 0 Å². The molecule has 0 aromatic carbocycles. The van der Waals surface area contributed by atoms with Crippen LogP contribution in [0.1, 0.15) is 67.2 Å². The molecule has 1 atom stereocenters. The van der Waals surface area contributed by atoms with Gasteiger partial charge in [0.05, 0.1) is 32.5 Å². The summed E-state index contributed by atoms with van der Waals surface area (Å²) in [4.78, 5) is 22.3. The van der Waals surface area contributed by atoms with Gasteiger partial charge in [0.25, 0.3) is 0 Å². The molecule has 0 spiro atoms. The number of rotatable bonds is 20. The van der Waals surface area contributed by atoms with Crippen LogP contribution < -0.4 is 16.8 Å². The van der Waals surface area contributed by atoms with Crippen molar-refractivity contribution in [3.8, 4) is 0 Å². The van der Waals surface area contributed by atoms with E-state index in [1.54, 1.807) is 19.5 Å². The lowest BCUT2D eigenvalue weighted by Gasteiger charge is -2.11. The number of nitrogens with one attached hydrogen (secondary N) is 1. The van der Waals surface area contributed by atoms with Crippen LogP contribution in [0.2, 0.25) is 0 Å². The second-order valence-electron chi connectivity index (χ2n) is 7.13. The topological polar surface area (TPSA) is 135 Å². The molecule has 0 radical (unpaired) electrons. The minimum absolute atomic E-state index is 0. The van der Waals surface area contributed by atoms with Crippen LogP contribution in [0.25, 0.3) is 0 Å². The second kappa shape index (κ2) is 31.7. The third-order valence-electron chi connectivity index (χ3n) is 4.22. The molecule has 0 aromatic rings. The number of alkyl halides is 3. The SMILES string of the molecule is C.C.C.COCCOCCCCC(=O)C(N)CCCCNC(=O)C(F)(F)F.COCCOCCCN. The van der Waals surface area contributed by atoms with Crippen molar-refractivity contribution in [2.24, 2.45) is 11.5 Å². The quantitative estimate of drug-likeness (QED) is 0.201. The number of amides is 1. The van der Waals surface area contributed by atoms with Crippen molar-refractivity contribution in [3.05, 3.63) is 0 Å². The average Bonchev–Trinajstić information content (AvgIpc) is 2.77. The number of ether oxygens (including phenoxy) is 4. The zero-order valence-corrected chi connectivity index (χ0v) is 19.9. The van der Waals surface area contributed by atoms with Crippen LogP contribution in [-0.4, -0.2) is 90.9 Å². The highest BCUT2D eigenvalue weighted by molar-refractivity contribution is 5.83. The van der Waals surface area contributed by atoms with E-state index in [1.165, 1.54) is 0 Å². The Kier molecular flexibility index (Phi) is 39.4. The first kappa shape index (κ1) is 44.7. The van der Waals surface area contributed by atoms with Crippen LogP contribution in [0.5, 0.6) is 0 Å². The van der Waals surface area contributed by atoms with E-state index in [4.69, 9.17) is 30.4 Å². The van der Waals surface area contributed by atoms with Gasteiger partial charge in [-0.25, -0.2) is 0 Å². The zero-order valence-electron chi connectivity index (χ0n) is 19.9. The van der Waals surface area contributed by atoms with Crippen molar-refractivity contribution in [2.75, 3.05) is 67.0 Å². The lowest BCUT2D eigenvalue weighted by atomic mass is 10.0. The molecule has 0 aliphatic rings. The van der Waals surface area contributed by atoms with E-state index in [-0.39, 0.29) is 34.6 Å². The van der Waals surface area contributed by atoms with E-state index in [9.17, 15) is 22.8 Å². The molecule has 0 aromatic heterocycles. The molecule has 1 unspecified atom stereocenters. The monoisotopic (exact) mass is 537 g/mol. The molecule has 0 fully saturated rings. The molecule has 36 heavy (non-hydrogen) atoms. The molecule has 0 rings (SSSR count). The summed E-state index contributed by atoms with van der Waals surface area (Å²) >= 11 is 0. The fourth-order valence-corrected chi connectivity index (χ4v) is 2.32. The summed E-state index contributed by atoms with van der Waals surface area (Å²) in [7, 11) is 3.25. The van der Waals surface area contributed by atoms with Gasteiger partial charge in [-0.1, -0.05) is 22.3 Å². The molecule has 0 aliphatic heterocycles. The third kappa shape index (κ3) is 32.7. The minimum Gasteiger partial charge on any atom is -0.382 e. The Morgan fingerprint density at radius 3 is 1.81 bits per heavy atom. The van der Waals surface area contributed by atoms with Gasteiger partial charge in [0.2, 0.25) is 0 Å². The number of ketones is 1. The van der Waals surface area contributed by atoms with Gasteiger partial charge in [0.1, 0.15) is 5.78 Å². The van der Waals surface area contributed by atoms with E-state index >= 15 is 0 Å². The highest BCUT2D eigenvalue weighted by Crippen LogP contribution is 2.14. The van der Waals surface area contributed by atoms with Crippen molar-refractivity contribution in [1.29, 1.82) is 0 Å². The molecule has 1 amide bonds. The molecule has 12 heteroatoms. The van der Waals surface area contributed by atoms with E-state index in [0.717, 1.165) is 19.4 Å². The maximum absolute atomic E-state index is 11.9. The molecule has 0 saturated carbocycles. The average molecular weight is 538 g/mol. The first-order valence-corrected chi connectivity index (χ1v) is 11.2. The first-order chi connectivity index (χ1) is 15.7. The Labute approximate surface area is 217 Å². The summed E-state index contributed by atoms with van der Waals surface area (Å²) in [6.07, 6.45) is -0.915. The number of hydrogen-bond acceptors (Lipinski definition) is 8. The summed E-state index contributed by atoms with van der Waals surface area (Å²) in [5.41, 5.74) is 11.0. The molecule has 0 bridgehead atoms. The molecule has 0 aliphatic carbocycles. The van der Waals surface area contributed by atoms with Gasteiger partial charge < -0.3 is 35.7 Å². The lowest BCUT2D eigenvalue weighted by molar-refractivity contribution is -0.173. The molecular weight excluding hydrogens is 483 g/mol. The number of carbonyl (C=O) groups excluding carboxylic acids is 2. The predicted molar refractivity (Wildman–Crippen MR) is 139 cm³/mol. The Balaban J connectivity index is -0.000000229. The van der Waals surface area contributed by atoms with Crippen molar-refractivity contribution < 1.29 is 41.7 Å². The molecule has 5 N–H and O–H groups in total. The maximum atomic E-state index is 11.9. The summed E-state index contributed by atoms with van der Waals surface area (Å²) < 4.78 is 55.8. The van der Waals surface area contributed by atoms with E-state index < -0.39 is 18.1 Å². The standard InChI is InChI=1S/C15H27F3N2O4.C6H15NO2.3CH4/c1-23-10-11-24-9-5-3-7-13(21)12(19)6-2-4-8-20-14(22)15(16,17)18;1-8-5-6-9-4-2-3-7;;;/h12H,2-11,19H2,1H3,(H,20,22);2-7H2,1H3;3*1H4. The number of unbranched alkanes of at least 4 members (excludes halogenated alkanes) is 2. The van der Waals surface area contributed by atoms with Crippen LogP contribution in [0, 0.1) is 0 Å². The highest BCUT2D eigenvalue weighted by Gasteiger charge is 2.38.